The molecule has 154 valence electrons. The molecule has 1 N–H and O–H groups in total. The lowest BCUT2D eigenvalue weighted by atomic mass is 9.82. The van der Waals surface area contributed by atoms with Crippen molar-refractivity contribution in [3.63, 3.8) is 0 Å². The Hall–Kier alpha value is -2.42. The zero-order valence-electron chi connectivity index (χ0n) is 16.7. The van der Waals surface area contributed by atoms with Crippen LogP contribution in [-0.4, -0.2) is 95.2 Å². The summed E-state index contributed by atoms with van der Waals surface area (Å²) in [7, 11) is 1.62. The van der Waals surface area contributed by atoms with Crippen LogP contribution in [0.4, 0.5) is 0 Å². The van der Waals surface area contributed by atoms with Crippen LogP contribution in [0.2, 0.25) is 0 Å². The minimum atomic E-state index is 0.00123. The first-order chi connectivity index (χ1) is 14.2. The third-order valence-electron chi connectivity index (χ3n) is 6.34. The fourth-order valence-corrected chi connectivity index (χ4v) is 5.08. The second kappa shape index (κ2) is 7.44. The molecule has 3 saturated heterocycles. The lowest BCUT2D eigenvalue weighted by Crippen LogP contribution is -2.80. The number of hydrogen-bond donors (Lipinski definition) is 1. The highest BCUT2D eigenvalue weighted by Crippen LogP contribution is 2.36. The van der Waals surface area contributed by atoms with Crippen molar-refractivity contribution in [1.82, 2.24) is 24.7 Å². The molecule has 0 radical (unpaired) electrons. The third-order valence-corrected chi connectivity index (χ3v) is 6.34. The number of nitrogens with zero attached hydrogens (tertiary/aromatic N) is 4. The van der Waals surface area contributed by atoms with E-state index in [1.807, 2.05) is 35.4 Å². The minimum Gasteiger partial charge on any atom is -0.497 e. The van der Waals surface area contributed by atoms with Gasteiger partial charge in [0.1, 0.15) is 5.75 Å². The van der Waals surface area contributed by atoms with Crippen LogP contribution in [-0.2, 0) is 11.3 Å². The molecule has 5 rings (SSSR count). The maximum absolute atomic E-state index is 13.3. The van der Waals surface area contributed by atoms with Crippen molar-refractivity contribution in [2.24, 2.45) is 0 Å². The van der Waals surface area contributed by atoms with Gasteiger partial charge in [0.25, 0.3) is 5.91 Å². The number of H-pyrrole nitrogens is 1. The summed E-state index contributed by atoms with van der Waals surface area (Å²) in [6.45, 7) is 6.60. The fourth-order valence-electron chi connectivity index (χ4n) is 5.08. The standard InChI is InChI=1S/C21H27N5O3/c1-28-19-4-2-3-16(7-19)20(27)25-10-18-11-29-6-5-26(18)21(14-25)12-24(13-21)9-17-8-22-15-23-17/h2-4,7-8,15,18H,5-6,9-14H2,1H3,(H,22,23)/t18-/m1/s1. The third kappa shape index (κ3) is 3.41. The van der Waals surface area contributed by atoms with E-state index in [-0.39, 0.29) is 17.5 Å². The zero-order valence-corrected chi connectivity index (χ0v) is 16.7. The Morgan fingerprint density at radius 1 is 1.38 bits per heavy atom. The van der Waals surface area contributed by atoms with Gasteiger partial charge in [-0.3, -0.25) is 14.6 Å². The number of hydrogen-bond acceptors (Lipinski definition) is 6. The van der Waals surface area contributed by atoms with Crippen LogP contribution < -0.4 is 4.74 Å². The van der Waals surface area contributed by atoms with Crippen LogP contribution in [0.3, 0.4) is 0 Å². The molecule has 0 aliphatic carbocycles. The lowest BCUT2D eigenvalue weighted by Gasteiger charge is -2.63. The molecule has 1 atom stereocenters. The van der Waals surface area contributed by atoms with E-state index in [4.69, 9.17) is 9.47 Å². The number of aromatic nitrogens is 2. The average Bonchev–Trinajstić information content (AvgIpc) is 3.25. The topological polar surface area (TPSA) is 73.9 Å². The average molecular weight is 397 g/mol. The van der Waals surface area contributed by atoms with E-state index in [2.05, 4.69) is 19.8 Å². The summed E-state index contributed by atoms with van der Waals surface area (Å²) >= 11 is 0. The molecule has 3 aliphatic heterocycles. The SMILES string of the molecule is COc1cccc(C(=O)N2C[C@@H]3COCCN3C3(CN(Cc4cnc[nH]4)C3)C2)c1. The number of nitrogens with one attached hydrogen (secondary N) is 1. The van der Waals surface area contributed by atoms with Gasteiger partial charge in [0.2, 0.25) is 0 Å². The van der Waals surface area contributed by atoms with E-state index in [9.17, 15) is 4.79 Å². The van der Waals surface area contributed by atoms with E-state index in [0.717, 1.165) is 45.0 Å². The van der Waals surface area contributed by atoms with Crippen molar-refractivity contribution in [2.75, 3.05) is 53.0 Å². The molecule has 29 heavy (non-hydrogen) atoms. The van der Waals surface area contributed by atoms with Gasteiger partial charge in [0.05, 0.1) is 38.2 Å². The molecule has 1 aromatic carbocycles. The Labute approximate surface area is 170 Å². The monoisotopic (exact) mass is 397 g/mol. The fraction of sp³-hybridized carbons (Fsp3) is 0.524. The van der Waals surface area contributed by atoms with Gasteiger partial charge in [0, 0.05) is 56.7 Å². The minimum absolute atomic E-state index is 0.00123. The lowest BCUT2D eigenvalue weighted by molar-refractivity contribution is -0.160. The summed E-state index contributed by atoms with van der Waals surface area (Å²) in [6, 6.07) is 7.68. The number of fused-ring (bicyclic) bond motifs is 2. The van der Waals surface area contributed by atoms with Gasteiger partial charge in [-0.25, -0.2) is 4.98 Å². The highest BCUT2D eigenvalue weighted by atomic mass is 16.5. The number of methoxy groups -OCH3 is 1. The Balaban J connectivity index is 1.34. The summed E-state index contributed by atoms with van der Waals surface area (Å²) in [5.74, 6) is 0.778. The predicted molar refractivity (Wildman–Crippen MR) is 107 cm³/mol. The number of aromatic amines is 1. The molecule has 3 aliphatic rings. The molecule has 2 aromatic rings. The smallest absolute Gasteiger partial charge is 0.254 e. The maximum atomic E-state index is 13.3. The summed E-state index contributed by atoms with van der Waals surface area (Å²) in [6.07, 6.45) is 3.60. The normalized spacial score (nSPS) is 24.2. The largest absolute Gasteiger partial charge is 0.497 e. The molecule has 8 nitrogen and oxygen atoms in total. The number of benzene rings is 1. The predicted octanol–water partition coefficient (Wildman–Crippen LogP) is 0.830. The van der Waals surface area contributed by atoms with Gasteiger partial charge in [-0.1, -0.05) is 6.07 Å². The maximum Gasteiger partial charge on any atom is 0.254 e. The first-order valence-electron chi connectivity index (χ1n) is 10.1. The van der Waals surface area contributed by atoms with E-state index in [1.54, 1.807) is 13.4 Å². The summed E-state index contributed by atoms with van der Waals surface area (Å²) < 4.78 is 11.1. The molecule has 1 aromatic heterocycles. The van der Waals surface area contributed by atoms with Gasteiger partial charge in [-0.15, -0.1) is 0 Å². The molecule has 3 fully saturated rings. The van der Waals surface area contributed by atoms with Crippen LogP contribution in [0.1, 0.15) is 16.1 Å². The quantitative estimate of drug-likeness (QED) is 0.824. The highest BCUT2D eigenvalue weighted by molar-refractivity contribution is 5.94. The number of morpholine rings is 1. The first kappa shape index (κ1) is 18.6. The van der Waals surface area contributed by atoms with Crippen molar-refractivity contribution in [1.29, 1.82) is 0 Å². The van der Waals surface area contributed by atoms with E-state index >= 15 is 0 Å². The Kier molecular flexibility index (Phi) is 4.77. The van der Waals surface area contributed by atoms with E-state index in [0.29, 0.717) is 24.5 Å². The van der Waals surface area contributed by atoms with Gasteiger partial charge in [-0.2, -0.15) is 0 Å². The molecular formula is C21H27N5O3. The molecule has 1 spiro atoms. The van der Waals surface area contributed by atoms with Crippen LogP contribution in [0.15, 0.2) is 36.8 Å². The molecule has 0 unspecified atom stereocenters. The van der Waals surface area contributed by atoms with Crippen molar-refractivity contribution < 1.29 is 14.3 Å². The number of likely N-dealkylation sites (tertiary alicyclic amines) is 1. The van der Waals surface area contributed by atoms with Crippen LogP contribution >= 0.6 is 0 Å². The zero-order chi connectivity index (χ0) is 19.8. The van der Waals surface area contributed by atoms with Gasteiger partial charge < -0.3 is 19.4 Å². The Bertz CT molecular complexity index is 865. The number of amides is 1. The molecule has 4 heterocycles. The Morgan fingerprint density at radius 3 is 3.07 bits per heavy atom. The molecular weight excluding hydrogens is 370 g/mol. The first-order valence-corrected chi connectivity index (χ1v) is 10.1. The molecule has 0 saturated carbocycles. The molecule has 0 bridgehead atoms. The second-order valence-corrected chi connectivity index (χ2v) is 8.29. The number of carbonyl (C=O) groups excluding carboxylic acids is 1. The van der Waals surface area contributed by atoms with Crippen molar-refractivity contribution >= 4 is 5.91 Å². The van der Waals surface area contributed by atoms with Gasteiger partial charge >= 0.3 is 0 Å². The van der Waals surface area contributed by atoms with Crippen LogP contribution in [0.25, 0.3) is 0 Å². The van der Waals surface area contributed by atoms with Crippen molar-refractivity contribution in [2.45, 2.75) is 18.1 Å². The van der Waals surface area contributed by atoms with E-state index in [1.165, 1.54) is 0 Å². The van der Waals surface area contributed by atoms with Gasteiger partial charge in [0.15, 0.2) is 0 Å². The number of piperazine rings is 1. The Morgan fingerprint density at radius 2 is 2.28 bits per heavy atom. The van der Waals surface area contributed by atoms with Crippen LogP contribution in [0.5, 0.6) is 5.75 Å². The number of carbonyl (C=O) groups is 1. The molecule has 8 heteroatoms. The highest BCUT2D eigenvalue weighted by Gasteiger charge is 2.54. The van der Waals surface area contributed by atoms with Gasteiger partial charge in [-0.05, 0) is 18.2 Å². The summed E-state index contributed by atoms with van der Waals surface area (Å²) in [5, 5.41) is 0. The number of imidazole rings is 1. The van der Waals surface area contributed by atoms with Crippen molar-refractivity contribution in [3.05, 3.63) is 48.0 Å². The van der Waals surface area contributed by atoms with Crippen molar-refractivity contribution in [3.8, 4) is 5.75 Å². The number of ether oxygens (including phenoxy) is 2. The van der Waals surface area contributed by atoms with E-state index < -0.39 is 0 Å². The summed E-state index contributed by atoms with van der Waals surface area (Å²) in [5.41, 5.74) is 1.80. The number of rotatable bonds is 4. The van der Waals surface area contributed by atoms with Crippen LogP contribution in [0, 0.1) is 0 Å². The summed E-state index contributed by atoms with van der Waals surface area (Å²) in [4.78, 5) is 27.6. The second-order valence-electron chi connectivity index (χ2n) is 8.29. The molecule has 1 amide bonds.